The standard InChI is InChI=1S/C26H23NS/c1-27-22-14-18-10-4-5-11-19(18)16-24(22)28-26-23(27)15-20-12-6-7-13-21(20)25(26)17-8-2-3-9-17/h4-7,10-17H,2-3,8-9H2,1H3. The molecule has 0 atom stereocenters. The minimum Gasteiger partial charge on any atom is -0.343 e. The second-order valence-electron chi connectivity index (χ2n) is 8.17. The van der Waals surface area contributed by atoms with Crippen molar-refractivity contribution in [2.75, 3.05) is 11.9 Å². The molecule has 0 amide bonds. The summed E-state index contributed by atoms with van der Waals surface area (Å²) in [6.07, 6.45) is 5.39. The summed E-state index contributed by atoms with van der Waals surface area (Å²) in [5, 5.41) is 5.47. The highest BCUT2D eigenvalue weighted by Crippen LogP contribution is 2.54. The lowest BCUT2D eigenvalue weighted by Crippen LogP contribution is -2.16. The molecule has 0 bridgehead atoms. The van der Waals surface area contributed by atoms with Crippen LogP contribution in [0.2, 0.25) is 0 Å². The maximum atomic E-state index is 2.42. The van der Waals surface area contributed by atoms with Crippen LogP contribution in [-0.2, 0) is 0 Å². The van der Waals surface area contributed by atoms with Crippen molar-refractivity contribution in [1.82, 2.24) is 0 Å². The molecular formula is C26H23NS. The van der Waals surface area contributed by atoms with Crippen LogP contribution in [0.5, 0.6) is 0 Å². The highest BCUT2D eigenvalue weighted by atomic mass is 32.2. The summed E-state index contributed by atoms with van der Waals surface area (Å²) in [7, 11) is 2.24. The van der Waals surface area contributed by atoms with Gasteiger partial charge in [-0.3, -0.25) is 0 Å². The van der Waals surface area contributed by atoms with Crippen LogP contribution in [0, 0.1) is 0 Å². The van der Waals surface area contributed by atoms with E-state index in [2.05, 4.69) is 78.7 Å². The van der Waals surface area contributed by atoms with Gasteiger partial charge in [-0.2, -0.15) is 0 Å². The van der Waals surface area contributed by atoms with Crippen molar-refractivity contribution in [1.29, 1.82) is 0 Å². The lowest BCUT2D eigenvalue weighted by Gasteiger charge is -2.33. The van der Waals surface area contributed by atoms with E-state index < -0.39 is 0 Å². The van der Waals surface area contributed by atoms with Crippen molar-refractivity contribution in [2.24, 2.45) is 0 Å². The number of benzene rings is 4. The van der Waals surface area contributed by atoms with Gasteiger partial charge in [-0.1, -0.05) is 73.1 Å². The first-order valence-corrected chi connectivity index (χ1v) is 11.1. The Bertz CT molecular complexity index is 1220. The third-order valence-electron chi connectivity index (χ3n) is 6.55. The summed E-state index contributed by atoms with van der Waals surface area (Å²) in [5.41, 5.74) is 4.29. The number of hydrogen-bond donors (Lipinski definition) is 0. The molecule has 6 rings (SSSR count). The first kappa shape index (κ1) is 16.5. The van der Waals surface area contributed by atoms with Crippen LogP contribution in [0.25, 0.3) is 21.5 Å². The molecule has 1 fully saturated rings. The molecule has 0 N–H and O–H groups in total. The molecule has 0 unspecified atom stereocenters. The van der Waals surface area contributed by atoms with Gasteiger partial charge in [0.25, 0.3) is 0 Å². The van der Waals surface area contributed by atoms with Gasteiger partial charge in [0.05, 0.1) is 11.4 Å². The van der Waals surface area contributed by atoms with Gasteiger partial charge in [0, 0.05) is 16.8 Å². The summed E-state index contributed by atoms with van der Waals surface area (Å²) in [5.74, 6) is 0.697. The largest absolute Gasteiger partial charge is 0.343 e. The van der Waals surface area contributed by atoms with Crippen molar-refractivity contribution in [3.8, 4) is 0 Å². The molecule has 1 aliphatic carbocycles. The van der Waals surface area contributed by atoms with Crippen molar-refractivity contribution >= 4 is 44.7 Å². The van der Waals surface area contributed by atoms with Crippen molar-refractivity contribution < 1.29 is 0 Å². The summed E-state index contributed by atoms with van der Waals surface area (Å²) < 4.78 is 0. The molecule has 0 aromatic heterocycles. The zero-order valence-corrected chi connectivity index (χ0v) is 16.9. The molecule has 28 heavy (non-hydrogen) atoms. The van der Waals surface area contributed by atoms with E-state index in [1.54, 1.807) is 5.56 Å². The molecule has 1 aliphatic heterocycles. The quantitative estimate of drug-likeness (QED) is 0.330. The predicted octanol–water partition coefficient (Wildman–Crippen LogP) is 7.88. The highest BCUT2D eigenvalue weighted by Gasteiger charge is 2.29. The Morgan fingerprint density at radius 3 is 2.21 bits per heavy atom. The van der Waals surface area contributed by atoms with Crippen molar-refractivity contribution in [2.45, 2.75) is 41.4 Å². The van der Waals surface area contributed by atoms with Gasteiger partial charge < -0.3 is 4.90 Å². The summed E-state index contributed by atoms with van der Waals surface area (Å²) in [6, 6.07) is 24.8. The zero-order chi connectivity index (χ0) is 18.7. The number of nitrogens with zero attached hydrogens (tertiary/aromatic N) is 1. The number of hydrogen-bond acceptors (Lipinski definition) is 2. The van der Waals surface area contributed by atoms with Crippen LogP contribution in [0.15, 0.2) is 76.5 Å². The van der Waals surface area contributed by atoms with Gasteiger partial charge in [0.15, 0.2) is 0 Å². The van der Waals surface area contributed by atoms with E-state index in [9.17, 15) is 0 Å². The normalized spacial score (nSPS) is 16.5. The van der Waals surface area contributed by atoms with Crippen LogP contribution in [0.3, 0.4) is 0 Å². The number of anilines is 2. The van der Waals surface area contributed by atoms with E-state index in [0.29, 0.717) is 5.92 Å². The molecule has 1 saturated carbocycles. The second-order valence-corrected chi connectivity index (χ2v) is 9.22. The summed E-state index contributed by atoms with van der Waals surface area (Å²) >= 11 is 1.99. The van der Waals surface area contributed by atoms with Crippen LogP contribution in [0.1, 0.15) is 37.2 Å². The third-order valence-corrected chi connectivity index (χ3v) is 7.73. The molecule has 0 saturated heterocycles. The first-order chi connectivity index (χ1) is 13.8. The van der Waals surface area contributed by atoms with Gasteiger partial charge in [0.2, 0.25) is 0 Å². The monoisotopic (exact) mass is 381 g/mol. The Morgan fingerprint density at radius 1 is 0.786 bits per heavy atom. The summed E-state index contributed by atoms with van der Waals surface area (Å²) in [4.78, 5) is 5.28. The molecule has 4 aromatic carbocycles. The lowest BCUT2D eigenvalue weighted by atomic mass is 9.91. The van der Waals surface area contributed by atoms with Gasteiger partial charge in [-0.15, -0.1) is 0 Å². The Morgan fingerprint density at radius 2 is 1.43 bits per heavy atom. The van der Waals surface area contributed by atoms with Gasteiger partial charge in [-0.05, 0) is 64.1 Å². The van der Waals surface area contributed by atoms with E-state index >= 15 is 0 Å². The predicted molar refractivity (Wildman–Crippen MR) is 121 cm³/mol. The molecule has 1 nitrogen and oxygen atoms in total. The average molecular weight is 382 g/mol. The van der Waals surface area contributed by atoms with E-state index in [1.807, 2.05) is 11.8 Å². The highest BCUT2D eigenvalue weighted by molar-refractivity contribution is 7.99. The lowest BCUT2D eigenvalue weighted by molar-refractivity contribution is 0.715. The second kappa shape index (κ2) is 6.28. The molecule has 1 heterocycles. The minimum absolute atomic E-state index is 0.697. The van der Waals surface area contributed by atoms with E-state index in [0.717, 1.165) is 0 Å². The van der Waals surface area contributed by atoms with Crippen LogP contribution in [-0.4, -0.2) is 7.05 Å². The van der Waals surface area contributed by atoms with Crippen LogP contribution < -0.4 is 4.90 Å². The van der Waals surface area contributed by atoms with Crippen LogP contribution in [0.4, 0.5) is 11.4 Å². The molecule has 138 valence electrons. The molecule has 2 heteroatoms. The average Bonchev–Trinajstić information content (AvgIpc) is 3.26. The topological polar surface area (TPSA) is 3.24 Å². The number of rotatable bonds is 1. The molecule has 2 aliphatic rings. The van der Waals surface area contributed by atoms with Gasteiger partial charge in [-0.25, -0.2) is 0 Å². The van der Waals surface area contributed by atoms with E-state index in [1.165, 1.54) is 68.4 Å². The maximum absolute atomic E-state index is 2.42. The van der Waals surface area contributed by atoms with Crippen molar-refractivity contribution in [3.63, 3.8) is 0 Å². The maximum Gasteiger partial charge on any atom is 0.0559 e. The Kier molecular flexibility index (Phi) is 3.70. The third kappa shape index (κ3) is 2.41. The Labute approximate surface area is 170 Å². The molecular weight excluding hydrogens is 358 g/mol. The van der Waals surface area contributed by atoms with E-state index in [4.69, 9.17) is 0 Å². The molecule has 0 spiro atoms. The zero-order valence-electron chi connectivity index (χ0n) is 16.1. The summed E-state index contributed by atoms with van der Waals surface area (Å²) in [6.45, 7) is 0. The minimum atomic E-state index is 0.697. The number of fused-ring (bicyclic) bond motifs is 4. The Balaban J connectivity index is 1.63. The Hall–Kier alpha value is -2.45. The molecule has 0 radical (unpaired) electrons. The van der Waals surface area contributed by atoms with Gasteiger partial charge >= 0.3 is 0 Å². The fourth-order valence-electron chi connectivity index (χ4n) is 5.11. The smallest absolute Gasteiger partial charge is 0.0559 e. The fourth-order valence-corrected chi connectivity index (χ4v) is 6.50. The van der Waals surface area contributed by atoms with Crippen molar-refractivity contribution in [3.05, 3.63) is 72.3 Å². The SMILES string of the molecule is CN1c2cc3ccccc3cc2Sc2c1cc1ccccc1c2C1CCCC1. The van der Waals surface area contributed by atoms with Crippen LogP contribution >= 0.6 is 11.8 Å². The fraction of sp³-hybridized carbons (Fsp3) is 0.231. The van der Waals surface area contributed by atoms with Gasteiger partial charge in [0.1, 0.15) is 0 Å². The van der Waals surface area contributed by atoms with E-state index in [-0.39, 0.29) is 0 Å². The first-order valence-electron chi connectivity index (χ1n) is 10.3. The molecule has 4 aromatic rings.